The van der Waals surface area contributed by atoms with Gasteiger partial charge in [0, 0.05) is 25.7 Å². The number of rotatable bonds is 80. The Bertz CT molecular complexity index is 1920. The number of carbonyl (C=O) groups excluding carboxylic acids is 4. The van der Waals surface area contributed by atoms with Gasteiger partial charge in [0.05, 0.1) is 26.4 Å². The van der Waals surface area contributed by atoms with E-state index in [4.69, 9.17) is 37.0 Å². The SMILES string of the molecule is CCCCCCCCCCCCCCCCCCCCCCC(=O)O[C@H](COC(=O)CCCCCCCCCCCCCCCCCC(C)C)COP(=O)(O)OC[C@@H](O)COP(=O)(O)OC[C@@H](COC(=O)CCCCCCCCCCCC)OC(=O)CCCCCCCCCCCC(C)C. The molecule has 19 heteroatoms. The molecule has 100 heavy (non-hydrogen) atoms. The third-order valence-corrected chi connectivity index (χ3v) is 20.9. The van der Waals surface area contributed by atoms with Gasteiger partial charge in [0.25, 0.3) is 0 Å². The van der Waals surface area contributed by atoms with Crippen LogP contribution >= 0.6 is 15.6 Å². The highest BCUT2D eigenvalue weighted by molar-refractivity contribution is 7.47. The summed E-state index contributed by atoms with van der Waals surface area (Å²) in [5.74, 6) is -0.567. The number of hydrogen-bond acceptors (Lipinski definition) is 15. The molecule has 0 aromatic rings. The number of phosphoric ester groups is 2. The van der Waals surface area contributed by atoms with Crippen LogP contribution in [-0.2, 0) is 65.4 Å². The van der Waals surface area contributed by atoms with Gasteiger partial charge >= 0.3 is 39.5 Å². The van der Waals surface area contributed by atoms with Crippen molar-refractivity contribution >= 4 is 39.5 Å². The van der Waals surface area contributed by atoms with Crippen LogP contribution in [0.15, 0.2) is 0 Å². The fourth-order valence-electron chi connectivity index (χ4n) is 12.5. The van der Waals surface area contributed by atoms with E-state index in [1.807, 2.05) is 0 Å². The molecule has 3 N–H and O–H groups in total. The molecule has 0 bridgehead atoms. The quantitative estimate of drug-likeness (QED) is 0.0222. The maximum absolute atomic E-state index is 13.1. The Kier molecular flexibility index (Phi) is 71.2. The van der Waals surface area contributed by atoms with E-state index < -0.39 is 97.5 Å². The highest BCUT2D eigenvalue weighted by Gasteiger charge is 2.30. The molecule has 0 aromatic heterocycles. The van der Waals surface area contributed by atoms with Crippen molar-refractivity contribution < 1.29 is 80.2 Å². The van der Waals surface area contributed by atoms with Crippen LogP contribution in [0.5, 0.6) is 0 Å². The number of aliphatic hydroxyl groups excluding tert-OH is 1. The highest BCUT2D eigenvalue weighted by Crippen LogP contribution is 2.45. The van der Waals surface area contributed by atoms with Crippen molar-refractivity contribution in [2.75, 3.05) is 39.6 Å². The van der Waals surface area contributed by atoms with E-state index in [0.29, 0.717) is 25.7 Å². The van der Waals surface area contributed by atoms with Gasteiger partial charge in [-0.15, -0.1) is 0 Å². The third kappa shape index (κ3) is 74.3. The summed E-state index contributed by atoms with van der Waals surface area (Å²) in [6.07, 6.45) is 62.5. The lowest BCUT2D eigenvalue weighted by Gasteiger charge is -2.21. The second-order valence-corrected chi connectivity index (χ2v) is 33.0. The summed E-state index contributed by atoms with van der Waals surface area (Å²) < 4.78 is 68.7. The largest absolute Gasteiger partial charge is 0.472 e. The normalized spacial score (nSPS) is 13.9. The lowest BCUT2D eigenvalue weighted by Crippen LogP contribution is -2.30. The molecule has 0 rings (SSSR count). The molecule has 0 aliphatic heterocycles. The maximum Gasteiger partial charge on any atom is 0.472 e. The molecule has 17 nitrogen and oxygen atoms in total. The van der Waals surface area contributed by atoms with Gasteiger partial charge in [0.15, 0.2) is 12.2 Å². The number of phosphoric acid groups is 2. The summed E-state index contributed by atoms with van der Waals surface area (Å²) in [6.45, 7) is 9.63. The van der Waals surface area contributed by atoms with Crippen LogP contribution in [0, 0.1) is 11.8 Å². The van der Waals surface area contributed by atoms with E-state index in [2.05, 4.69) is 41.5 Å². The van der Waals surface area contributed by atoms with Gasteiger partial charge in [-0.3, -0.25) is 37.3 Å². The molecule has 0 spiro atoms. The van der Waals surface area contributed by atoms with E-state index in [-0.39, 0.29) is 25.7 Å². The number of ether oxygens (including phenoxy) is 4. The van der Waals surface area contributed by atoms with Crippen LogP contribution in [-0.4, -0.2) is 96.7 Å². The van der Waals surface area contributed by atoms with Crippen LogP contribution < -0.4 is 0 Å². The number of aliphatic hydroxyl groups is 1. The monoisotopic (exact) mass is 1470 g/mol. The van der Waals surface area contributed by atoms with Crippen molar-refractivity contribution in [3.63, 3.8) is 0 Å². The van der Waals surface area contributed by atoms with Gasteiger partial charge in [-0.05, 0) is 37.5 Å². The molecule has 594 valence electrons. The fraction of sp³-hybridized carbons (Fsp3) is 0.951. The average molecular weight is 1470 g/mol. The van der Waals surface area contributed by atoms with E-state index in [9.17, 15) is 43.2 Å². The molecular weight excluding hydrogens is 1310 g/mol. The minimum atomic E-state index is -4.96. The van der Waals surface area contributed by atoms with Crippen molar-refractivity contribution in [3.05, 3.63) is 0 Å². The highest BCUT2D eigenvalue weighted by atomic mass is 31.2. The Labute approximate surface area is 613 Å². The lowest BCUT2D eigenvalue weighted by atomic mass is 10.0. The van der Waals surface area contributed by atoms with E-state index >= 15 is 0 Å². The molecule has 0 heterocycles. The Hall–Kier alpha value is -1.94. The smallest absolute Gasteiger partial charge is 0.462 e. The Morgan fingerprint density at radius 3 is 0.680 bits per heavy atom. The molecule has 0 aliphatic rings. The second kappa shape index (κ2) is 72.6. The first kappa shape index (κ1) is 98.1. The standard InChI is InChI=1S/C81H158O17P2/c1-7-9-11-13-15-17-19-20-21-22-23-24-25-28-32-35-41-47-53-59-65-80(85)97-76(70-92-79(84)64-58-52-46-40-34-31-29-26-27-30-33-37-43-49-55-61-73(3)4)71-95-99(87,88)93-67-75(82)68-94-100(89,90)96-72-77(69-91-78(83)63-57-51-45-39-18-16-14-12-10-8-2)98-81(86)66-60-54-48-42-36-38-44-50-56-62-74(5)6/h73-77,82H,7-72H2,1-6H3,(H,87,88)(H,89,90)/t75-,76-,77-/m1/s1. The van der Waals surface area contributed by atoms with E-state index in [0.717, 1.165) is 102 Å². The van der Waals surface area contributed by atoms with Crippen LogP contribution in [0.3, 0.4) is 0 Å². The van der Waals surface area contributed by atoms with Crippen molar-refractivity contribution in [3.8, 4) is 0 Å². The molecule has 0 saturated heterocycles. The van der Waals surface area contributed by atoms with E-state index in [1.165, 1.54) is 244 Å². The van der Waals surface area contributed by atoms with Crippen LogP contribution in [0.2, 0.25) is 0 Å². The minimum absolute atomic E-state index is 0.106. The molecule has 0 radical (unpaired) electrons. The Morgan fingerprint density at radius 1 is 0.270 bits per heavy atom. The predicted molar refractivity (Wildman–Crippen MR) is 409 cm³/mol. The summed E-state index contributed by atoms with van der Waals surface area (Å²) in [6, 6.07) is 0. The van der Waals surface area contributed by atoms with Crippen molar-refractivity contribution in [2.45, 2.75) is 445 Å². The summed E-state index contributed by atoms with van der Waals surface area (Å²) >= 11 is 0. The van der Waals surface area contributed by atoms with Crippen molar-refractivity contribution in [2.24, 2.45) is 11.8 Å². The third-order valence-electron chi connectivity index (χ3n) is 19.0. The minimum Gasteiger partial charge on any atom is -0.462 e. The van der Waals surface area contributed by atoms with E-state index in [1.54, 1.807) is 0 Å². The Morgan fingerprint density at radius 2 is 0.460 bits per heavy atom. The maximum atomic E-state index is 13.1. The first-order valence-electron chi connectivity index (χ1n) is 42.0. The topological polar surface area (TPSA) is 237 Å². The summed E-state index contributed by atoms with van der Waals surface area (Å²) in [7, 11) is -9.92. The lowest BCUT2D eigenvalue weighted by molar-refractivity contribution is -0.161. The number of unbranched alkanes of at least 4 members (excludes halogenated alkanes) is 50. The molecule has 0 aliphatic carbocycles. The zero-order valence-electron chi connectivity index (χ0n) is 65.5. The summed E-state index contributed by atoms with van der Waals surface area (Å²) in [5, 5.41) is 10.6. The summed E-state index contributed by atoms with van der Waals surface area (Å²) in [4.78, 5) is 73.0. The molecule has 0 saturated carbocycles. The summed E-state index contributed by atoms with van der Waals surface area (Å²) in [5.41, 5.74) is 0. The molecule has 5 atom stereocenters. The average Bonchev–Trinajstić information content (AvgIpc) is 0.956. The number of esters is 4. The van der Waals surface area contributed by atoms with Gasteiger partial charge in [-0.2, -0.15) is 0 Å². The van der Waals surface area contributed by atoms with Gasteiger partial charge < -0.3 is 33.8 Å². The molecular formula is C81H158O17P2. The number of carbonyl (C=O) groups is 4. The predicted octanol–water partition coefficient (Wildman–Crippen LogP) is 24.3. The molecule has 2 unspecified atom stereocenters. The van der Waals surface area contributed by atoms with Gasteiger partial charge in [-0.1, -0.05) is 375 Å². The van der Waals surface area contributed by atoms with Crippen LogP contribution in [0.4, 0.5) is 0 Å². The number of hydrogen-bond donors (Lipinski definition) is 3. The zero-order chi connectivity index (χ0) is 73.5. The van der Waals surface area contributed by atoms with Crippen molar-refractivity contribution in [1.29, 1.82) is 0 Å². The Balaban J connectivity index is 5.22. The second-order valence-electron chi connectivity index (χ2n) is 30.1. The molecule has 0 fully saturated rings. The first-order valence-corrected chi connectivity index (χ1v) is 45.0. The molecule has 0 amide bonds. The van der Waals surface area contributed by atoms with Gasteiger partial charge in [0.1, 0.15) is 19.3 Å². The van der Waals surface area contributed by atoms with Gasteiger partial charge in [0.2, 0.25) is 0 Å². The fourth-order valence-corrected chi connectivity index (χ4v) is 14.1. The first-order chi connectivity index (χ1) is 48.4. The van der Waals surface area contributed by atoms with Crippen LogP contribution in [0.25, 0.3) is 0 Å². The van der Waals surface area contributed by atoms with Crippen molar-refractivity contribution in [1.82, 2.24) is 0 Å². The molecule has 0 aromatic carbocycles. The van der Waals surface area contributed by atoms with Gasteiger partial charge in [-0.25, -0.2) is 9.13 Å². The van der Waals surface area contributed by atoms with Crippen LogP contribution in [0.1, 0.15) is 427 Å². The zero-order valence-corrected chi connectivity index (χ0v) is 67.3.